The molecule has 0 aliphatic carbocycles. The van der Waals surface area contributed by atoms with Crippen LogP contribution < -0.4 is 5.32 Å². The molecular weight excluding hydrogens is 328 g/mol. The van der Waals surface area contributed by atoms with E-state index in [0.29, 0.717) is 0 Å². The van der Waals surface area contributed by atoms with Crippen molar-refractivity contribution < 1.29 is 0 Å². The van der Waals surface area contributed by atoms with Gasteiger partial charge in [0, 0.05) is 30.8 Å². The van der Waals surface area contributed by atoms with Crippen LogP contribution in [-0.2, 0) is 0 Å². The molecule has 2 aromatic heterocycles. The second-order valence-electron chi connectivity index (χ2n) is 6.38. The highest BCUT2D eigenvalue weighted by atomic mass is 32.1. The van der Waals surface area contributed by atoms with Gasteiger partial charge in [0.25, 0.3) is 0 Å². The molecule has 1 fully saturated rings. The number of thiocarbonyl (C=S) groups is 1. The van der Waals surface area contributed by atoms with E-state index in [1.807, 2.05) is 31.4 Å². The second-order valence-corrected chi connectivity index (χ2v) is 6.77. The van der Waals surface area contributed by atoms with Gasteiger partial charge >= 0.3 is 0 Å². The van der Waals surface area contributed by atoms with Gasteiger partial charge in [-0.25, -0.2) is 0 Å². The topological polar surface area (TPSA) is 33.1 Å². The molecule has 1 N–H and O–H groups in total. The SMILES string of the molecule is Cc1cccc(-n2cccc2[C@H]2[C@H](c3ccccn3)NC(=S)N2C)c1. The molecule has 0 saturated carbocycles. The van der Waals surface area contributed by atoms with Gasteiger partial charge in [-0.1, -0.05) is 18.2 Å². The first kappa shape index (κ1) is 15.8. The van der Waals surface area contributed by atoms with Crippen LogP contribution in [0.15, 0.2) is 67.0 Å². The lowest BCUT2D eigenvalue weighted by molar-refractivity contribution is 0.357. The molecular formula is C20H20N4S. The summed E-state index contributed by atoms with van der Waals surface area (Å²) in [5.74, 6) is 0. The molecule has 4 nitrogen and oxygen atoms in total. The molecule has 4 rings (SSSR count). The zero-order valence-electron chi connectivity index (χ0n) is 14.3. The third-order valence-electron chi connectivity index (χ3n) is 4.70. The Morgan fingerprint density at radius 1 is 1.08 bits per heavy atom. The van der Waals surface area contributed by atoms with Gasteiger partial charge in [0.05, 0.1) is 17.8 Å². The molecule has 25 heavy (non-hydrogen) atoms. The molecule has 3 heterocycles. The first-order valence-corrected chi connectivity index (χ1v) is 8.74. The molecule has 0 radical (unpaired) electrons. The monoisotopic (exact) mass is 348 g/mol. The number of nitrogens with zero attached hydrogens (tertiary/aromatic N) is 3. The summed E-state index contributed by atoms with van der Waals surface area (Å²) in [6, 6.07) is 18.9. The van der Waals surface area contributed by atoms with E-state index in [1.165, 1.54) is 11.3 Å². The smallest absolute Gasteiger partial charge is 0.169 e. The lowest BCUT2D eigenvalue weighted by Crippen LogP contribution is -2.25. The highest BCUT2D eigenvalue weighted by Crippen LogP contribution is 2.38. The number of pyridine rings is 1. The van der Waals surface area contributed by atoms with Crippen molar-refractivity contribution in [1.82, 2.24) is 19.8 Å². The van der Waals surface area contributed by atoms with Crippen LogP contribution in [0.3, 0.4) is 0 Å². The van der Waals surface area contributed by atoms with Crippen molar-refractivity contribution in [3.05, 3.63) is 83.9 Å². The fraction of sp³-hybridized carbons (Fsp3) is 0.200. The average Bonchev–Trinajstić information content (AvgIpc) is 3.21. The van der Waals surface area contributed by atoms with Crippen LogP contribution in [0.4, 0.5) is 0 Å². The fourth-order valence-corrected chi connectivity index (χ4v) is 3.72. The van der Waals surface area contributed by atoms with Gasteiger partial charge in [-0.05, 0) is 61.1 Å². The molecule has 1 aromatic carbocycles. The Kier molecular flexibility index (Phi) is 4.01. The molecule has 1 aliphatic heterocycles. The fourth-order valence-electron chi connectivity index (χ4n) is 3.48. The lowest BCUT2D eigenvalue weighted by atomic mass is 10.0. The van der Waals surface area contributed by atoms with E-state index in [4.69, 9.17) is 12.2 Å². The number of rotatable bonds is 3. The van der Waals surface area contributed by atoms with Crippen molar-refractivity contribution in [2.75, 3.05) is 7.05 Å². The summed E-state index contributed by atoms with van der Waals surface area (Å²) in [7, 11) is 2.04. The normalized spacial score (nSPS) is 19.9. The Hall–Kier alpha value is -2.66. The minimum Gasteiger partial charge on any atom is -0.352 e. The van der Waals surface area contributed by atoms with E-state index < -0.39 is 0 Å². The summed E-state index contributed by atoms with van der Waals surface area (Å²) in [6.07, 6.45) is 3.93. The Balaban J connectivity index is 1.80. The number of likely N-dealkylation sites (N-methyl/N-ethyl adjacent to an activating group) is 1. The number of benzene rings is 1. The largest absolute Gasteiger partial charge is 0.352 e. The lowest BCUT2D eigenvalue weighted by Gasteiger charge is -2.25. The molecule has 126 valence electrons. The molecule has 3 aromatic rings. The van der Waals surface area contributed by atoms with Crippen LogP contribution >= 0.6 is 12.2 Å². The Morgan fingerprint density at radius 3 is 2.72 bits per heavy atom. The first-order chi connectivity index (χ1) is 12.1. The second kappa shape index (κ2) is 6.33. The molecule has 1 aliphatic rings. The summed E-state index contributed by atoms with van der Waals surface area (Å²) in [6.45, 7) is 2.11. The predicted molar refractivity (Wildman–Crippen MR) is 104 cm³/mol. The van der Waals surface area contributed by atoms with E-state index in [2.05, 4.69) is 69.3 Å². The van der Waals surface area contributed by atoms with Crippen molar-refractivity contribution in [2.24, 2.45) is 0 Å². The number of aromatic nitrogens is 2. The predicted octanol–water partition coefficient (Wildman–Crippen LogP) is 3.78. The van der Waals surface area contributed by atoms with Gasteiger partial charge in [0.1, 0.15) is 0 Å². The van der Waals surface area contributed by atoms with E-state index in [-0.39, 0.29) is 12.1 Å². The van der Waals surface area contributed by atoms with E-state index in [9.17, 15) is 0 Å². The van der Waals surface area contributed by atoms with Crippen LogP contribution in [0.2, 0.25) is 0 Å². The third-order valence-corrected chi connectivity index (χ3v) is 5.11. The number of hydrogen-bond donors (Lipinski definition) is 1. The Labute approximate surface area is 153 Å². The molecule has 0 bridgehead atoms. The Morgan fingerprint density at radius 2 is 1.96 bits per heavy atom. The van der Waals surface area contributed by atoms with Crippen LogP contribution in [0, 0.1) is 6.92 Å². The van der Waals surface area contributed by atoms with Gasteiger partial charge in [-0.15, -0.1) is 0 Å². The van der Waals surface area contributed by atoms with Crippen LogP contribution in [0.5, 0.6) is 0 Å². The molecule has 1 saturated heterocycles. The number of nitrogens with one attached hydrogen (secondary N) is 1. The van der Waals surface area contributed by atoms with Crippen LogP contribution in [0.1, 0.15) is 29.0 Å². The first-order valence-electron chi connectivity index (χ1n) is 8.34. The molecule has 0 amide bonds. The molecule has 5 heteroatoms. The van der Waals surface area contributed by atoms with Gasteiger partial charge < -0.3 is 14.8 Å². The van der Waals surface area contributed by atoms with Gasteiger partial charge in [0.15, 0.2) is 5.11 Å². The van der Waals surface area contributed by atoms with Gasteiger partial charge in [-0.3, -0.25) is 4.98 Å². The minimum atomic E-state index is 0.0251. The number of aryl methyl sites for hydroxylation is 1. The van der Waals surface area contributed by atoms with Crippen molar-refractivity contribution in [3.8, 4) is 5.69 Å². The molecule has 0 spiro atoms. The zero-order chi connectivity index (χ0) is 17.4. The standard InChI is InChI=1S/C20H20N4S/c1-14-7-5-8-15(13-14)24-12-6-10-17(24)19-18(22-20(25)23(19)2)16-9-3-4-11-21-16/h3-13,18-19H,1-2H3,(H,22,25)/t18-,19-/m0/s1. The van der Waals surface area contributed by atoms with Crippen LogP contribution in [0.25, 0.3) is 5.69 Å². The van der Waals surface area contributed by atoms with Gasteiger partial charge in [-0.2, -0.15) is 0 Å². The van der Waals surface area contributed by atoms with Crippen molar-refractivity contribution in [1.29, 1.82) is 0 Å². The van der Waals surface area contributed by atoms with Crippen molar-refractivity contribution in [3.63, 3.8) is 0 Å². The molecule has 0 unspecified atom stereocenters. The highest BCUT2D eigenvalue weighted by Gasteiger charge is 2.39. The summed E-state index contributed by atoms with van der Waals surface area (Å²) >= 11 is 5.53. The average molecular weight is 348 g/mol. The summed E-state index contributed by atoms with van der Waals surface area (Å²) in [5, 5.41) is 4.18. The maximum Gasteiger partial charge on any atom is 0.169 e. The van der Waals surface area contributed by atoms with Crippen LogP contribution in [-0.4, -0.2) is 26.6 Å². The van der Waals surface area contributed by atoms with Gasteiger partial charge in [0.2, 0.25) is 0 Å². The number of hydrogen-bond acceptors (Lipinski definition) is 2. The summed E-state index contributed by atoms with van der Waals surface area (Å²) in [5.41, 5.74) is 4.59. The quantitative estimate of drug-likeness (QED) is 0.730. The summed E-state index contributed by atoms with van der Waals surface area (Å²) in [4.78, 5) is 6.67. The Bertz CT molecular complexity index is 903. The maximum atomic E-state index is 5.53. The van der Waals surface area contributed by atoms with Crippen molar-refractivity contribution >= 4 is 17.3 Å². The van der Waals surface area contributed by atoms with Crippen molar-refractivity contribution in [2.45, 2.75) is 19.0 Å². The minimum absolute atomic E-state index is 0.0251. The molecule has 2 atom stereocenters. The summed E-state index contributed by atoms with van der Waals surface area (Å²) < 4.78 is 2.24. The van der Waals surface area contributed by atoms with E-state index in [1.54, 1.807) is 0 Å². The maximum absolute atomic E-state index is 5.53. The highest BCUT2D eigenvalue weighted by molar-refractivity contribution is 7.80. The van der Waals surface area contributed by atoms with E-state index in [0.717, 1.165) is 16.5 Å². The third kappa shape index (κ3) is 2.81. The zero-order valence-corrected chi connectivity index (χ0v) is 15.1. The van der Waals surface area contributed by atoms with E-state index >= 15 is 0 Å².